The van der Waals surface area contributed by atoms with Gasteiger partial charge >= 0.3 is 0 Å². The molecule has 1 fully saturated rings. The molecule has 0 aliphatic carbocycles. The third kappa shape index (κ3) is 4.61. The molecule has 0 unspecified atom stereocenters. The number of rotatable bonds is 6. The van der Waals surface area contributed by atoms with Crippen molar-refractivity contribution in [2.75, 3.05) is 31.1 Å². The van der Waals surface area contributed by atoms with E-state index in [1.54, 1.807) is 17.1 Å². The van der Waals surface area contributed by atoms with Crippen molar-refractivity contribution >= 4 is 5.69 Å². The quantitative estimate of drug-likeness (QED) is 0.491. The first-order valence-corrected chi connectivity index (χ1v) is 11.3. The van der Waals surface area contributed by atoms with Crippen molar-refractivity contribution in [1.82, 2.24) is 30.0 Å². The molecule has 33 heavy (non-hydrogen) atoms. The van der Waals surface area contributed by atoms with Gasteiger partial charge in [-0.05, 0) is 36.8 Å². The van der Waals surface area contributed by atoms with Crippen LogP contribution in [0.1, 0.15) is 18.3 Å². The van der Waals surface area contributed by atoms with Crippen LogP contribution in [0.3, 0.4) is 0 Å². The average molecular weight is 444 g/mol. The summed E-state index contributed by atoms with van der Waals surface area (Å²) in [7, 11) is 0. The van der Waals surface area contributed by atoms with Crippen molar-refractivity contribution in [1.29, 1.82) is 0 Å². The highest BCUT2D eigenvalue weighted by Gasteiger charge is 2.19. The summed E-state index contributed by atoms with van der Waals surface area (Å²) in [6.07, 6.45) is 7.05. The van der Waals surface area contributed by atoms with E-state index in [4.69, 9.17) is 0 Å². The van der Waals surface area contributed by atoms with Gasteiger partial charge in [0.15, 0.2) is 5.82 Å². The molecule has 7 nitrogen and oxygen atoms in total. The van der Waals surface area contributed by atoms with E-state index in [2.05, 4.69) is 54.5 Å². The van der Waals surface area contributed by atoms with E-state index in [9.17, 15) is 4.39 Å². The fourth-order valence-electron chi connectivity index (χ4n) is 4.08. The number of nitrogens with one attached hydrogen (secondary N) is 1. The topological polar surface area (TPSA) is 71.8 Å². The van der Waals surface area contributed by atoms with E-state index in [0.717, 1.165) is 37.3 Å². The normalized spacial score (nSPS) is 13.9. The molecule has 1 aliphatic rings. The lowest BCUT2D eigenvalue weighted by Gasteiger charge is -2.29. The Morgan fingerprint density at radius 2 is 1.85 bits per heavy atom. The Morgan fingerprint density at radius 1 is 1.03 bits per heavy atom. The van der Waals surface area contributed by atoms with Crippen LogP contribution >= 0.6 is 0 Å². The van der Waals surface area contributed by atoms with Gasteiger partial charge in [0.2, 0.25) is 0 Å². The van der Waals surface area contributed by atoms with Crippen LogP contribution in [0.5, 0.6) is 0 Å². The molecule has 3 aromatic heterocycles. The van der Waals surface area contributed by atoms with Crippen molar-refractivity contribution in [3.63, 3.8) is 0 Å². The van der Waals surface area contributed by atoms with Crippen LogP contribution in [0.4, 0.5) is 10.1 Å². The summed E-state index contributed by atoms with van der Waals surface area (Å²) in [6.45, 7) is 6.69. The van der Waals surface area contributed by atoms with Gasteiger partial charge in [-0.1, -0.05) is 12.1 Å². The van der Waals surface area contributed by atoms with Crippen LogP contribution in [-0.2, 0) is 13.0 Å². The molecule has 0 atom stereocenters. The Hall–Kier alpha value is -3.65. The highest BCUT2D eigenvalue weighted by Crippen LogP contribution is 2.31. The van der Waals surface area contributed by atoms with E-state index in [1.807, 2.05) is 25.3 Å². The summed E-state index contributed by atoms with van der Waals surface area (Å²) in [5, 5.41) is 8.00. The maximum Gasteiger partial charge on any atom is 0.167 e. The summed E-state index contributed by atoms with van der Waals surface area (Å²) in [5.41, 5.74) is 4.69. The summed E-state index contributed by atoms with van der Waals surface area (Å²) in [5.74, 6) is 0.108. The molecule has 4 heterocycles. The van der Waals surface area contributed by atoms with Crippen LogP contribution in [0, 0.1) is 5.82 Å². The van der Waals surface area contributed by atoms with Gasteiger partial charge in [0.1, 0.15) is 17.2 Å². The summed E-state index contributed by atoms with van der Waals surface area (Å²) in [6, 6.07) is 12.2. The van der Waals surface area contributed by atoms with E-state index in [-0.39, 0.29) is 5.69 Å². The summed E-state index contributed by atoms with van der Waals surface area (Å²) < 4.78 is 16.7. The van der Waals surface area contributed by atoms with Crippen molar-refractivity contribution in [3.05, 3.63) is 78.4 Å². The van der Waals surface area contributed by atoms with Gasteiger partial charge in [0.25, 0.3) is 0 Å². The SMILES string of the molecule is CCn1cc(-c2nc(Cc3ccc(N4CCNCC4)cc3)ncc2F)c(-c2cccnc2)n1. The molecule has 0 radical (unpaired) electrons. The minimum Gasteiger partial charge on any atom is -0.369 e. The molecule has 5 rings (SSSR count). The molecule has 1 aliphatic heterocycles. The predicted octanol–water partition coefficient (Wildman–Crippen LogP) is 3.56. The number of aromatic nitrogens is 5. The monoisotopic (exact) mass is 443 g/mol. The zero-order valence-corrected chi connectivity index (χ0v) is 18.6. The summed E-state index contributed by atoms with van der Waals surface area (Å²) >= 11 is 0. The molecule has 1 saturated heterocycles. The van der Waals surface area contributed by atoms with Crippen LogP contribution in [-0.4, -0.2) is 50.9 Å². The molecule has 168 valence electrons. The van der Waals surface area contributed by atoms with Gasteiger partial charge in [-0.3, -0.25) is 9.67 Å². The number of piperazine rings is 1. The highest BCUT2D eigenvalue weighted by atomic mass is 19.1. The fraction of sp³-hybridized carbons (Fsp3) is 0.280. The van der Waals surface area contributed by atoms with E-state index >= 15 is 0 Å². The number of hydrogen-bond acceptors (Lipinski definition) is 6. The van der Waals surface area contributed by atoms with Crippen molar-refractivity contribution in [2.45, 2.75) is 19.9 Å². The third-order valence-corrected chi connectivity index (χ3v) is 5.85. The second-order valence-electron chi connectivity index (χ2n) is 8.05. The fourth-order valence-corrected chi connectivity index (χ4v) is 4.08. The molecule has 0 spiro atoms. The maximum atomic E-state index is 14.9. The second-order valence-corrected chi connectivity index (χ2v) is 8.05. The van der Waals surface area contributed by atoms with Gasteiger partial charge < -0.3 is 10.2 Å². The minimum absolute atomic E-state index is 0.260. The smallest absolute Gasteiger partial charge is 0.167 e. The molecule has 0 amide bonds. The predicted molar refractivity (Wildman–Crippen MR) is 126 cm³/mol. The Kier molecular flexibility index (Phi) is 6.08. The zero-order valence-electron chi connectivity index (χ0n) is 18.6. The van der Waals surface area contributed by atoms with Crippen LogP contribution in [0.15, 0.2) is 61.2 Å². The number of nitrogens with zero attached hydrogens (tertiary/aromatic N) is 6. The van der Waals surface area contributed by atoms with Crippen LogP contribution in [0.25, 0.3) is 22.5 Å². The molecule has 0 saturated carbocycles. The number of hydrogen-bond donors (Lipinski definition) is 1. The molecule has 0 bridgehead atoms. The van der Waals surface area contributed by atoms with E-state index in [1.165, 1.54) is 11.9 Å². The zero-order chi connectivity index (χ0) is 22.6. The Labute approximate surface area is 192 Å². The standard InChI is InChI=1S/C25H26FN7/c1-2-33-17-21(24(31-33)19-4-3-9-28-15-19)25-22(26)16-29-23(30-25)14-18-5-7-20(8-6-18)32-12-10-27-11-13-32/h3-9,15-17,27H,2,10-14H2,1H3. The first-order chi connectivity index (χ1) is 16.2. The van der Waals surface area contributed by atoms with Crippen molar-refractivity contribution in [3.8, 4) is 22.5 Å². The van der Waals surface area contributed by atoms with Gasteiger partial charge in [-0.25, -0.2) is 14.4 Å². The van der Waals surface area contributed by atoms with Crippen molar-refractivity contribution in [2.24, 2.45) is 0 Å². The maximum absolute atomic E-state index is 14.9. The summed E-state index contributed by atoms with van der Waals surface area (Å²) in [4.78, 5) is 15.4. The first kappa shape index (κ1) is 21.2. The van der Waals surface area contributed by atoms with Gasteiger partial charge in [-0.2, -0.15) is 5.10 Å². The Morgan fingerprint density at radius 3 is 2.58 bits per heavy atom. The van der Waals surface area contributed by atoms with E-state index in [0.29, 0.717) is 30.0 Å². The lowest BCUT2D eigenvalue weighted by molar-refractivity contribution is 0.589. The first-order valence-electron chi connectivity index (χ1n) is 11.3. The molecular weight excluding hydrogens is 417 g/mol. The molecule has 4 aromatic rings. The lowest BCUT2D eigenvalue weighted by atomic mass is 10.1. The van der Waals surface area contributed by atoms with Crippen LogP contribution < -0.4 is 10.2 Å². The third-order valence-electron chi connectivity index (χ3n) is 5.85. The van der Waals surface area contributed by atoms with E-state index < -0.39 is 5.82 Å². The minimum atomic E-state index is -0.464. The number of halogens is 1. The molecule has 1 N–H and O–H groups in total. The number of anilines is 1. The molecule has 1 aromatic carbocycles. The van der Waals surface area contributed by atoms with Gasteiger partial charge in [0, 0.05) is 74.5 Å². The van der Waals surface area contributed by atoms with Gasteiger partial charge in [-0.15, -0.1) is 0 Å². The molecule has 8 heteroatoms. The second kappa shape index (κ2) is 9.46. The number of aryl methyl sites for hydroxylation is 1. The number of pyridine rings is 1. The lowest BCUT2D eigenvalue weighted by Crippen LogP contribution is -2.43. The van der Waals surface area contributed by atoms with Gasteiger partial charge in [0.05, 0.1) is 6.20 Å². The largest absolute Gasteiger partial charge is 0.369 e. The van der Waals surface area contributed by atoms with Crippen LogP contribution in [0.2, 0.25) is 0 Å². The average Bonchev–Trinajstić information content (AvgIpc) is 3.31. The van der Waals surface area contributed by atoms with Crippen molar-refractivity contribution < 1.29 is 4.39 Å². The Bertz CT molecular complexity index is 1220. The molecular formula is C25H26FN7. The highest BCUT2D eigenvalue weighted by molar-refractivity contribution is 5.78. The number of benzene rings is 1. The Balaban J connectivity index is 1.43.